The summed E-state index contributed by atoms with van der Waals surface area (Å²) in [6, 6.07) is 0. The zero-order valence-electron chi connectivity index (χ0n) is 7.87. The summed E-state index contributed by atoms with van der Waals surface area (Å²) >= 11 is 0. The quantitative estimate of drug-likeness (QED) is 0.667. The molecule has 0 saturated heterocycles. The second kappa shape index (κ2) is 3.79. The second-order valence-corrected chi connectivity index (χ2v) is 3.36. The van der Waals surface area contributed by atoms with E-state index >= 15 is 0 Å². The van der Waals surface area contributed by atoms with E-state index in [0.29, 0.717) is 18.6 Å². The van der Waals surface area contributed by atoms with Crippen LogP contribution in [0.25, 0.3) is 0 Å². The number of esters is 1. The molecule has 0 aromatic carbocycles. The molecule has 4 heteroatoms. The van der Waals surface area contributed by atoms with Gasteiger partial charge in [0.2, 0.25) is 5.79 Å². The summed E-state index contributed by atoms with van der Waals surface area (Å²) in [5.74, 6) is -0.684. The third-order valence-corrected chi connectivity index (χ3v) is 1.58. The van der Waals surface area contributed by atoms with Crippen LogP contribution in [0.2, 0.25) is 0 Å². The Morgan fingerprint density at radius 3 is 2.69 bits per heavy atom. The number of ether oxygens (including phenoxy) is 2. The van der Waals surface area contributed by atoms with E-state index in [0.717, 1.165) is 0 Å². The molecule has 74 valence electrons. The topological polar surface area (TPSA) is 55.8 Å². The first-order valence-corrected chi connectivity index (χ1v) is 4.27. The minimum Gasteiger partial charge on any atom is -0.457 e. The van der Waals surface area contributed by atoms with Gasteiger partial charge in [-0.15, -0.1) is 0 Å². The van der Waals surface area contributed by atoms with Gasteiger partial charge in [-0.2, -0.15) is 0 Å². The van der Waals surface area contributed by atoms with Gasteiger partial charge in [-0.25, -0.2) is 4.79 Å². The number of carbonyl (C=O) groups excluding carboxylic acids is 1. The van der Waals surface area contributed by atoms with Crippen molar-refractivity contribution in [3.05, 3.63) is 11.8 Å². The van der Waals surface area contributed by atoms with Crippen molar-refractivity contribution < 1.29 is 19.4 Å². The average Bonchev–Trinajstić information content (AvgIpc) is 1.97. The van der Waals surface area contributed by atoms with E-state index in [9.17, 15) is 4.79 Å². The lowest BCUT2D eigenvalue weighted by Gasteiger charge is -2.30. The van der Waals surface area contributed by atoms with Crippen LogP contribution in [0.15, 0.2) is 11.8 Å². The highest BCUT2D eigenvalue weighted by Gasteiger charge is 2.29. The predicted molar refractivity (Wildman–Crippen MR) is 45.7 cm³/mol. The van der Waals surface area contributed by atoms with Gasteiger partial charge < -0.3 is 14.6 Å². The Morgan fingerprint density at radius 1 is 1.46 bits per heavy atom. The summed E-state index contributed by atoms with van der Waals surface area (Å²) in [4.78, 5) is 11.0. The molecular weight excluding hydrogens is 172 g/mol. The fraction of sp³-hybridized carbons (Fsp3) is 0.667. The van der Waals surface area contributed by atoms with Crippen LogP contribution in [0.5, 0.6) is 0 Å². The van der Waals surface area contributed by atoms with Crippen LogP contribution in [0.3, 0.4) is 0 Å². The maximum Gasteiger partial charge on any atom is 0.337 e. The van der Waals surface area contributed by atoms with E-state index in [4.69, 9.17) is 14.6 Å². The Hall–Kier alpha value is -1.03. The van der Waals surface area contributed by atoms with Crippen molar-refractivity contribution in [2.45, 2.75) is 32.5 Å². The lowest BCUT2D eigenvalue weighted by Crippen LogP contribution is -2.34. The second-order valence-electron chi connectivity index (χ2n) is 3.36. The molecule has 0 unspecified atom stereocenters. The van der Waals surface area contributed by atoms with Crippen LogP contribution < -0.4 is 0 Å². The van der Waals surface area contributed by atoms with Crippen LogP contribution in [0, 0.1) is 0 Å². The molecule has 0 spiro atoms. The smallest absolute Gasteiger partial charge is 0.337 e. The molecule has 1 aliphatic rings. The number of hydrogen-bond donors (Lipinski definition) is 1. The number of aliphatic hydroxyl groups is 1. The lowest BCUT2D eigenvalue weighted by atomic mass is 10.2. The summed E-state index contributed by atoms with van der Waals surface area (Å²) in [5, 5.41) is 8.59. The fourth-order valence-corrected chi connectivity index (χ4v) is 1.15. The third-order valence-electron chi connectivity index (χ3n) is 1.58. The van der Waals surface area contributed by atoms with Crippen molar-refractivity contribution in [1.29, 1.82) is 0 Å². The van der Waals surface area contributed by atoms with Crippen LogP contribution in [-0.2, 0) is 14.3 Å². The Bertz CT molecular complexity index is 230. The highest BCUT2D eigenvalue weighted by Crippen LogP contribution is 2.24. The third kappa shape index (κ3) is 3.06. The van der Waals surface area contributed by atoms with Crippen molar-refractivity contribution in [2.24, 2.45) is 0 Å². The van der Waals surface area contributed by atoms with Crippen LogP contribution in [-0.4, -0.2) is 23.5 Å². The van der Waals surface area contributed by atoms with Gasteiger partial charge in [-0.3, -0.25) is 0 Å². The van der Waals surface area contributed by atoms with Crippen molar-refractivity contribution in [3.63, 3.8) is 0 Å². The molecule has 1 N–H and O–H groups in total. The van der Waals surface area contributed by atoms with Crippen LogP contribution in [0.4, 0.5) is 0 Å². The molecule has 0 atom stereocenters. The van der Waals surface area contributed by atoms with Gasteiger partial charge in [0.1, 0.15) is 5.76 Å². The van der Waals surface area contributed by atoms with Crippen molar-refractivity contribution in [2.75, 3.05) is 6.61 Å². The maximum atomic E-state index is 11.0. The molecule has 1 heterocycles. The van der Waals surface area contributed by atoms with Gasteiger partial charge in [0, 0.05) is 26.9 Å². The molecule has 0 bridgehead atoms. The SMILES string of the molecule is CC1(C)OC(=O)C=C(CCCO)O1. The monoisotopic (exact) mass is 186 g/mol. The van der Waals surface area contributed by atoms with Gasteiger partial charge in [-0.1, -0.05) is 0 Å². The van der Waals surface area contributed by atoms with Crippen LogP contribution in [0.1, 0.15) is 26.7 Å². The largest absolute Gasteiger partial charge is 0.457 e. The van der Waals surface area contributed by atoms with Gasteiger partial charge >= 0.3 is 5.97 Å². The first-order chi connectivity index (χ1) is 6.03. The predicted octanol–water partition coefficient (Wildman–Crippen LogP) is 0.952. The van der Waals surface area contributed by atoms with E-state index in [1.54, 1.807) is 13.8 Å². The average molecular weight is 186 g/mol. The Balaban J connectivity index is 2.59. The molecule has 13 heavy (non-hydrogen) atoms. The molecule has 0 amide bonds. The zero-order valence-corrected chi connectivity index (χ0v) is 7.87. The van der Waals surface area contributed by atoms with Crippen LogP contribution >= 0.6 is 0 Å². The lowest BCUT2D eigenvalue weighted by molar-refractivity contribution is -0.206. The minimum absolute atomic E-state index is 0.0934. The standard InChI is InChI=1S/C9H14O4/c1-9(2)12-7(4-3-5-10)6-8(11)13-9/h6,10H,3-5H2,1-2H3. The van der Waals surface area contributed by atoms with Gasteiger partial charge in [0.05, 0.1) is 6.08 Å². The first kappa shape index (κ1) is 10.1. The number of hydrogen-bond acceptors (Lipinski definition) is 4. The van der Waals surface area contributed by atoms with E-state index in [1.807, 2.05) is 0 Å². The number of rotatable bonds is 3. The summed E-state index contributed by atoms with van der Waals surface area (Å²) in [6.45, 7) is 3.45. The first-order valence-electron chi connectivity index (χ1n) is 4.27. The Kier molecular flexibility index (Phi) is 2.93. The normalized spacial score (nSPS) is 20.2. The molecule has 0 aliphatic carbocycles. The molecule has 0 fully saturated rings. The number of carbonyl (C=O) groups is 1. The van der Waals surface area contributed by atoms with Gasteiger partial charge in [0.25, 0.3) is 0 Å². The van der Waals surface area contributed by atoms with E-state index in [1.165, 1.54) is 6.08 Å². The molecule has 1 rings (SSSR count). The summed E-state index contributed by atoms with van der Waals surface area (Å²) < 4.78 is 10.2. The summed E-state index contributed by atoms with van der Waals surface area (Å²) in [7, 11) is 0. The number of allylic oxidation sites excluding steroid dienone is 1. The zero-order chi connectivity index (χ0) is 9.90. The number of cyclic esters (lactones) is 1. The molecular formula is C9H14O4. The van der Waals surface area contributed by atoms with Gasteiger partial charge in [0.15, 0.2) is 0 Å². The van der Waals surface area contributed by atoms with E-state index in [2.05, 4.69) is 0 Å². The summed E-state index contributed by atoms with van der Waals surface area (Å²) in [5.41, 5.74) is 0. The number of aliphatic hydroxyl groups excluding tert-OH is 1. The summed E-state index contributed by atoms with van der Waals surface area (Å²) in [6.07, 6.45) is 2.48. The Labute approximate surface area is 77.1 Å². The maximum absolute atomic E-state index is 11.0. The Morgan fingerprint density at radius 2 is 2.15 bits per heavy atom. The van der Waals surface area contributed by atoms with Crippen molar-refractivity contribution >= 4 is 5.97 Å². The minimum atomic E-state index is -0.878. The molecule has 0 aromatic rings. The van der Waals surface area contributed by atoms with Gasteiger partial charge in [-0.05, 0) is 6.42 Å². The van der Waals surface area contributed by atoms with E-state index in [-0.39, 0.29) is 12.6 Å². The highest BCUT2D eigenvalue weighted by molar-refractivity contribution is 5.83. The molecule has 0 aromatic heterocycles. The fourth-order valence-electron chi connectivity index (χ4n) is 1.15. The molecule has 1 aliphatic heterocycles. The molecule has 0 radical (unpaired) electrons. The van der Waals surface area contributed by atoms with Crippen molar-refractivity contribution in [1.82, 2.24) is 0 Å². The molecule has 4 nitrogen and oxygen atoms in total. The van der Waals surface area contributed by atoms with E-state index < -0.39 is 5.79 Å². The van der Waals surface area contributed by atoms with Crippen molar-refractivity contribution in [3.8, 4) is 0 Å². The molecule has 0 saturated carbocycles. The highest BCUT2D eigenvalue weighted by atomic mass is 16.7.